The van der Waals surface area contributed by atoms with E-state index in [0.29, 0.717) is 22.2 Å². The number of hydrogen-bond acceptors (Lipinski definition) is 6. The monoisotopic (exact) mass is 392 g/mol. The Kier molecular flexibility index (Phi) is 5.67. The molecule has 3 heterocycles. The average molecular weight is 393 g/mol. The van der Waals surface area contributed by atoms with Gasteiger partial charge in [-0.3, -0.25) is 14.5 Å². The third-order valence-electron chi connectivity index (χ3n) is 3.66. The molecular formula is C16H16N4O2S3. The fourth-order valence-electron chi connectivity index (χ4n) is 2.32. The van der Waals surface area contributed by atoms with Crippen LogP contribution in [0.15, 0.2) is 34.9 Å². The molecule has 1 fully saturated rings. The first kappa shape index (κ1) is 17.8. The lowest BCUT2D eigenvalue weighted by molar-refractivity contribution is -0.132. The molecule has 0 radical (unpaired) electrons. The van der Waals surface area contributed by atoms with Gasteiger partial charge >= 0.3 is 0 Å². The highest BCUT2D eigenvalue weighted by atomic mass is 32.2. The van der Waals surface area contributed by atoms with Crippen molar-refractivity contribution in [3.63, 3.8) is 0 Å². The van der Waals surface area contributed by atoms with E-state index < -0.39 is 6.04 Å². The quantitative estimate of drug-likeness (QED) is 0.583. The van der Waals surface area contributed by atoms with Crippen molar-refractivity contribution in [3.8, 4) is 0 Å². The fourth-order valence-corrected chi connectivity index (χ4v) is 4.46. The SMILES string of the molecule is C[C@@H](C(=O)NCCc1cnc[nH]1)N1C(=O)/C(=C/c2cccs2)SC1=S. The first-order valence-electron chi connectivity index (χ1n) is 7.62. The molecule has 0 unspecified atom stereocenters. The van der Waals surface area contributed by atoms with Crippen LogP contribution in [0, 0.1) is 0 Å². The number of carbonyl (C=O) groups excluding carboxylic acids is 2. The van der Waals surface area contributed by atoms with E-state index in [4.69, 9.17) is 12.2 Å². The second kappa shape index (κ2) is 7.94. The number of nitrogens with one attached hydrogen (secondary N) is 2. The predicted molar refractivity (Wildman–Crippen MR) is 104 cm³/mol. The van der Waals surface area contributed by atoms with E-state index in [0.717, 1.165) is 10.6 Å². The maximum Gasteiger partial charge on any atom is 0.266 e. The maximum atomic E-state index is 12.6. The molecule has 0 bridgehead atoms. The van der Waals surface area contributed by atoms with Crippen LogP contribution in [0.5, 0.6) is 0 Å². The number of carbonyl (C=O) groups is 2. The van der Waals surface area contributed by atoms with Crippen LogP contribution in [0.3, 0.4) is 0 Å². The van der Waals surface area contributed by atoms with Gasteiger partial charge in [0.15, 0.2) is 0 Å². The van der Waals surface area contributed by atoms with Gasteiger partial charge in [0, 0.05) is 29.7 Å². The summed E-state index contributed by atoms with van der Waals surface area (Å²) in [5, 5.41) is 4.78. The molecule has 0 aromatic carbocycles. The van der Waals surface area contributed by atoms with E-state index >= 15 is 0 Å². The highest BCUT2D eigenvalue weighted by Crippen LogP contribution is 2.34. The molecule has 1 atom stereocenters. The van der Waals surface area contributed by atoms with Crippen molar-refractivity contribution in [1.82, 2.24) is 20.2 Å². The summed E-state index contributed by atoms with van der Waals surface area (Å²) in [6.07, 6.45) is 5.77. The van der Waals surface area contributed by atoms with Crippen molar-refractivity contribution >= 4 is 57.5 Å². The van der Waals surface area contributed by atoms with E-state index in [9.17, 15) is 9.59 Å². The lowest BCUT2D eigenvalue weighted by Crippen LogP contribution is -2.47. The minimum absolute atomic E-state index is 0.223. The van der Waals surface area contributed by atoms with E-state index in [1.54, 1.807) is 30.8 Å². The number of aromatic nitrogens is 2. The molecule has 0 saturated carbocycles. The zero-order valence-corrected chi connectivity index (χ0v) is 15.8. The summed E-state index contributed by atoms with van der Waals surface area (Å²) in [4.78, 5) is 34.8. The molecule has 25 heavy (non-hydrogen) atoms. The molecule has 2 amide bonds. The molecule has 2 N–H and O–H groups in total. The van der Waals surface area contributed by atoms with Gasteiger partial charge in [-0.05, 0) is 24.4 Å². The van der Waals surface area contributed by atoms with E-state index in [-0.39, 0.29) is 11.8 Å². The highest BCUT2D eigenvalue weighted by molar-refractivity contribution is 8.26. The molecule has 1 saturated heterocycles. The molecule has 3 rings (SSSR count). The minimum Gasteiger partial charge on any atom is -0.354 e. The lowest BCUT2D eigenvalue weighted by Gasteiger charge is -2.22. The topological polar surface area (TPSA) is 78.1 Å². The van der Waals surface area contributed by atoms with Crippen LogP contribution in [-0.4, -0.2) is 43.6 Å². The summed E-state index contributed by atoms with van der Waals surface area (Å²) in [6.45, 7) is 2.15. The summed E-state index contributed by atoms with van der Waals surface area (Å²) in [7, 11) is 0. The Hall–Kier alpha value is -1.97. The van der Waals surface area contributed by atoms with Gasteiger partial charge in [-0.1, -0.05) is 30.0 Å². The Balaban J connectivity index is 1.60. The largest absolute Gasteiger partial charge is 0.354 e. The summed E-state index contributed by atoms with van der Waals surface area (Å²) >= 11 is 8.08. The lowest BCUT2D eigenvalue weighted by atomic mass is 10.2. The van der Waals surface area contributed by atoms with Crippen molar-refractivity contribution in [2.75, 3.05) is 6.54 Å². The first-order chi connectivity index (χ1) is 12.1. The number of imidazole rings is 1. The summed E-state index contributed by atoms with van der Waals surface area (Å²) in [5.74, 6) is -0.451. The Morgan fingerprint density at radius 3 is 3.08 bits per heavy atom. The minimum atomic E-state index is -0.650. The van der Waals surface area contributed by atoms with Crippen LogP contribution in [0.25, 0.3) is 6.08 Å². The van der Waals surface area contributed by atoms with Crippen molar-refractivity contribution in [3.05, 3.63) is 45.5 Å². The van der Waals surface area contributed by atoms with Gasteiger partial charge < -0.3 is 10.3 Å². The second-order valence-electron chi connectivity index (χ2n) is 5.36. The summed E-state index contributed by atoms with van der Waals surface area (Å²) in [5.41, 5.74) is 0.942. The summed E-state index contributed by atoms with van der Waals surface area (Å²) in [6, 6.07) is 3.21. The van der Waals surface area contributed by atoms with Gasteiger partial charge in [-0.25, -0.2) is 4.98 Å². The number of rotatable bonds is 6. The van der Waals surface area contributed by atoms with Crippen LogP contribution < -0.4 is 5.32 Å². The molecule has 6 nitrogen and oxygen atoms in total. The van der Waals surface area contributed by atoms with Crippen LogP contribution in [0.4, 0.5) is 0 Å². The number of thioether (sulfide) groups is 1. The van der Waals surface area contributed by atoms with Gasteiger partial charge in [-0.15, -0.1) is 11.3 Å². The number of H-pyrrole nitrogens is 1. The Labute approximate surface area is 158 Å². The van der Waals surface area contributed by atoms with Crippen molar-refractivity contribution < 1.29 is 9.59 Å². The van der Waals surface area contributed by atoms with Gasteiger partial charge in [-0.2, -0.15) is 0 Å². The molecule has 9 heteroatoms. The van der Waals surface area contributed by atoms with Gasteiger partial charge in [0.25, 0.3) is 5.91 Å². The molecule has 2 aromatic heterocycles. The smallest absolute Gasteiger partial charge is 0.266 e. The highest BCUT2D eigenvalue weighted by Gasteiger charge is 2.38. The Bertz CT molecular complexity index is 799. The van der Waals surface area contributed by atoms with E-state index in [2.05, 4.69) is 15.3 Å². The third kappa shape index (κ3) is 4.17. The number of nitrogens with zero attached hydrogens (tertiary/aromatic N) is 2. The molecule has 1 aliphatic heterocycles. The maximum absolute atomic E-state index is 12.6. The molecule has 130 valence electrons. The predicted octanol–water partition coefficient (Wildman–Crippen LogP) is 2.42. The zero-order valence-electron chi connectivity index (χ0n) is 13.4. The zero-order chi connectivity index (χ0) is 17.8. The normalized spacial score (nSPS) is 17.3. The number of aromatic amines is 1. The van der Waals surface area contributed by atoms with Crippen LogP contribution in [0.1, 0.15) is 17.5 Å². The van der Waals surface area contributed by atoms with E-state index in [1.807, 2.05) is 23.6 Å². The second-order valence-corrected chi connectivity index (χ2v) is 8.02. The van der Waals surface area contributed by atoms with Crippen molar-refractivity contribution in [1.29, 1.82) is 0 Å². The standard InChI is InChI=1S/C16H16N4O2S3/c1-10(14(21)18-5-4-11-8-17-9-19-11)20-15(22)13(25-16(20)23)7-12-3-2-6-24-12/h2-3,6-10H,4-5H2,1H3,(H,17,19)(H,18,21)/b13-7-/t10-/m0/s1. The van der Waals surface area contributed by atoms with Gasteiger partial charge in [0.05, 0.1) is 11.2 Å². The first-order valence-corrected chi connectivity index (χ1v) is 9.72. The van der Waals surface area contributed by atoms with Crippen LogP contribution in [-0.2, 0) is 16.0 Å². The van der Waals surface area contributed by atoms with Crippen LogP contribution >= 0.6 is 35.3 Å². The van der Waals surface area contributed by atoms with Crippen molar-refractivity contribution in [2.45, 2.75) is 19.4 Å². The number of hydrogen-bond donors (Lipinski definition) is 2. The molecule has 2 aromatic rings. The number of thiocarbonyl (C=S) groups is 1. The molecule has 0 aliphatic carbocycles. The molecular weight excluding hydrogens is 376 g/mol. The third-order valence-corrected chi connectivity index (χ3v) is 5.80. The Morgan fingerprint density at radius 2 is 2.40 bits per heavy atom. The number of thiophene rings is 1. The van der Waals surface area contributed by atoms with Gasteiger partial charge in [0.2, 0.25) is 5.91 Å². The van der Waals surface area contributed by atoms with E-state index in [1.165, 1.54) is 16.7 Å². The Morgan fingerprint density at radius 1 is 1.56 bits per heavy atom. The fraction of sp³-hybridized carbons (Fsp3) is 0.250. The van der Waals surface area contributed by atoms with Crippen molar-refractivity contribution in [2.24, 2.45) is 0 Å². The summed E-state index contributed by atoms with van der Waals surface area (Å²) < 4.78 is 0.407. The molecule has 1 aliphatic rings. The molecule has 0 spiro atoms. The van der Waals surface area contributed by atoms with Gasteiger partial charge in [0.1, 0.15) is 10.4 Å². The number of amides is 2. The van der Waals surface area contributed by atoms with Crippen LogP contribution in [0.2, 0.25) is 0 Å². The average Bonchev–Trinajstić information content (AvgIpc) is 3.31.